The molecule has 3 aromatic carbocycles. The van der Waals surface area contributed by atoms with Crippen LogP contribution in [0.2, 0.25) is 0 Å². The second kappa shape index (κ2) is 9.16. The van der Waals surface area contributed by atoms with Crippen LogP contribution in [0.5, 0.6) is 23.0 Å². The van der Waals surface area contributed by atoms with Crippen LogP contribution in [0.4, 0.5) is 0 Å². The van der Waals surface area contributed by atoms with Gasteiger partial charge in [0.15, 0.2) is 17.3 Å². The fourth-order valence-corrected chi connectivity index (χ4v) is 4.59. The lowest BCUT2D eigenvalue weighted by molar-refractivity contribution is 0.0871. The molecule has 0 bridgehead atoms. The van der Waals surface area contributed by atoms with Crippen molar-refractivity contribution in [1.82, 2.24) is 4.90 Å². The van der Waals surface area contributed by atoms with Crippen molar-refractivity contribution in [2.45, 2.75) is 20.0 Å². The van der Waals surface area contributed by atoms with E-state index in [4.69, 9.17) is 18.9 Å². The van der Waals surface area contributed by atoms with Crippen molar-refractivity contribution in [2.75, 3.05) is 21.0 Å². The summed E-state index contributed by atoms with van der Waals surface area (Å²) in [5.74, 6) is 2.96. The Bertz CT molecular complexity index is 1300. The highest BCUT2D eigenvalue weighted by molar-refractivity contribution is 9.10. The molecule has 0 unspecified atom stereocenters. The Hall–Kier alpha value is -3.29. The number of benzene rings is 3. The molecule has 2 heterocycles. The molecule has 0 atom stereocenters. The number of carbonyl (C=O) groups is 1. The Kier molecular flexibility index (Phi) is 6.06. The number of nitrogens with zero attached hydrogens (tertiary/aromatic N) is 1. The van der Waals surface area contributed by atoms with Gasteiger partial charge in [0.25, 0.3) is 0 Å². The molecule has 0 N–H and O–H groups in total. The molecule has 6 nitrogen and oxygen atoms in total. The van der Waals surface area contributed by atoms with Crippen LogP contribution in [0.25, 0.3) is 6.08 Å². The van der Waals surface area contributed by atoms with Gasteiger partial charge in [-0.3, -0.25) is 9.69 Å². The molecule has 0 saturated heterocycles. The minimum absolute atomic E-state index is 0.102. The molecule has 174 valence electrons. The van der Waals surface area contributed by atoms with Crippen molar-refractivity contribution in [3.8, 4) is 23.0 Å². The summed E-state index contributed by atoms with van der Waals surface area (Å²) in [4.78, 5) is 15.4. The van der Waals surface area contributed by atoms with Crippen molar-refractivity contribution in [3.05, 3.63) is 86.6 Å². The fourth-order valence-electron chi connectivity index (χ4n) is 4.32. The zero-order valence-electron chi connectivity index (χ0n) is 19.2. The number of ether oxygens (including phenoxy) is 4. The third-order valence-corrected chi connectivity index (χ3v) is 6.54. The third-order valence-electron chi connectivity index (χ3n) is 6.01. The highest BCUT2D eigenvalue weighted by Gasteiger charge is 2.35. The smallest absolute Gasteiger partial charge is 0.232 e. The molecule has 34 heavy (non-hydrogen) atoms. The van der Waals surface area contributed by atoms with Gasteiger partial charge in [0.2, 0.25) is 5.78 Å². The van der Waals surface area contributed by atoms with Crippen molar-refractivity contribution < 1.29 is 23.7 Å². The molecule has 0 saturated carbocycles. The highest BCUT2D eigenvalue weighted by Crippen LogP contribution is 2.44. The number of aryl methyl sites for hydroxylation is 1. The zero-order chi connectivity index (χ0) is 23.8. The molecule has 0 aromatic heterocycles. The van der Waals surface area contributed by atoms with Crippen molar-refractivity contribution in [2.24, 2.45) is 0 Å². The van der Waals surface area contributed by atoms with Gasteiger partial charge >= 0.3 is 0 Å². The summed E-state index contributed by atoms with van der Waals surface area (Å²) in [6, 6.07) is 15.6. The first-order valence-corrected chi connectivity index (χ1v) is 11.7. The lowest BCUT2D eigenvalue weighted by atomic mass is 9.98. The number of methoxy groups -OCH3 is 2. The van der Waals surface area contributed by atoms with Gasteiger partial charge in [-0.1, -0.05) is 34.1 Å². The first-order valence-electron chi connectivity index (χ1n) is 10.9. The van der Waals surface area contributed by atoms with E-state index in [2.05, 4.69) is 20.8 Å². The standard InChI is InChI=1S/C27H24BrNO5/c1-16-10-22-20(14-29(15-33-22)13-18-6-9-21(31-2)23(12-18)32-3)27-25(16)26(30)24(34-27)11-17-4-7-19(28)8-5-17/h4-12H,13-15H2,1-3H3/b24-11-. The van der Waals surface area contributed by atoms with E-state index in [9.17, 15) is 4.79 Å². The fraction of sp³-hybridized carbons (Fsp3) is 0.222. The number of allylic oxidation sites excluding steroid dienone is 1. The predicted octanol–water partition coefficient (Wildman–Crippen LogP) is 5.74. The van der Waals surface area contributed by atoms with Crippen LogP contribution < -0.4 is 18.9 Å². The Morgan fingerprint density at radius 1 is 1.06 bits per heavy atom. The first-order chi connectivity index (χ1) is 16.5. The van der Waals surface area contributed by atoms with E-state index in [-0.39, 0.29) is 5.78 Å². The summed E-state index contributed by atoms with van der Waals surface area (Å²) in [7, 11) is 3.25. The van der Waals surface area contributed by atoms with Crippen molar-refractivity contribution >= 4 is 27.8 Å². The second-order valence-electron chi connectivity index (χ2n) is 8.32. The molecule has 2 aliphatic heterocycles. The van der Waals surface area contributed by atoms with E-state index >= 15 is 0 Å². The van der Waals surface area contributed by atoms with Gasteiger partial charge in [-0.05, 0) is 60.0 Å². The minimum atomic E-state index is -0.102. The zero-order valence-corrected chi connectivity index (χ0v) is 20.8. The molecular weight excluding hydrogens is 498 g/mol. The maximum atomic E-state index is 13.2. The van der Waals surface area contributed by atoms with Crippen LogP contribution in [-0.2, 0) is 13.1 Å². The maximum absolute atomic E-state index is 13.2. The van der Waals surface area contributed by atoms with Crippen molar-refractivity contribution in [3.63, 3.8) is 0 Å². The van der Waals surface area contributed by atoms with E-state index in [0.29, 0.717) is 48.4 Å². The van der Waals surface area contributed by atoms with Gasteiger partial charge in [0.05, 0.1) is 25.3 Å². The minimum Gasteiger partial charge on any atom is -0.493 e. The van der Waals surface area contributed by atoms with Crippen LogP contribution in [0.1, 0.15) is 32.6 Å². The van der Waals surface area contributed by atoms with E-state index in [1.165, 1.54) is 0 Å². The van der Waals surface area contributed by atoms with Gasteiger partial charge < -0.3 is 18.9 Å². The molecule has 0 fully saturated rings. The van der Waals surface area contributed by atoms with Gasteiger partial charge in [0.1, 0.15) is 18.2 Å². The Labute approximate surface area is 206 Å². The van der Waals surface area contributed by atoms with Crippen LogP contribution in [0, 0.1) is 6.92 Å². The van der Waals surface area contributed by atoms with E-state index < -0.39 is 0 Å². The summed E-state index contributed by atoms with van der Waals surface area (Å²) in [5, 5.41) is 0. The average Bonchev–Trinajstić information content (AvgIpc) is 3.17. The molecule has 2 aliphatic rings. The number of Topliss-reactive ketones (excluding diaryl/α,β-unsaturated/α-hetero) is 1. The average molecular weight is 522 g/mol. The summed E-state index contributed by atoms with van der Waals surface area (Å²) < 4.78 is 24.0. The van der Waals surface area contributed by atoms with Crippen molar-refractivity contribution in [1.29, 1.82) is 0 Å². The van der Waals surface area contributed by atoms with Gasteiger partial charge in [0, 0.05) is 17.6 Å². The number of halogens is 1. The molecule has 0 aliphatic carbocycles. The van der Waals surface area contributed by atoms with Gasteiger partial charge in [-0.25, -0.2) is 0 Å². The number of rotatable bonds is 5. The maximum Gasteiger partial charge on any atom is 0.232 e. The summed E-state index contributed by atoms with van der Waals surface area (Å²) in [5.41, 5.74) is 4.32. The SMILES string of the molecule is COc1ccc(CN2COc3cc(C)c4c(c3C2)O/C(=C\c2ccc(Br)cc2)C4=O)cc1OC. The van der Waals surface area contributed by atoms with E-state index in [0.717, 1.165) is 32.5 Å². The number of hydrogen-bond acceptors (Lipinski definition) is 6. The summed E-state index contributed by atoms with van der Waals surface area (Å²) >= 11 is 3.44. The lowest BCUT2D eigenvalue weighted by Gasteiger charge is -2.30. The molecule has 3 aromatic rings. The van der Waals surface area contributed by atoms with E-state index in [1.807, 2.05) is 55.5 Å². The second-order valence-corrected chi connectivity index (χ2v) is 9.23. The lowest BCUT2D eigenvalue weighted by Crippen LogP contribution is -2.31. The predicted molar refractivity (Wildman–Crippen MR) is 133 cm³/mol. The number of fused-ring (bicyclic) bond motifs is 3. The number of hydrogen-bond donors (Lipinski definition) is 0. The van der Waals surface area contributed by atoms with Crippen LogP contribution in [-0.4, -0.2) is 31.6 Å². The molecular formula is C27H24BrNO5. The highest BCUT2D eigenvalue weighted by atomic mass is 79.9. The quantitative estimate of drug-likeness (QED) is 0.399. The topological polar surface area (TPSA) is 57.2 Å². The van der Waals surface area contributed by atoms with Crippen LogP contribution >= 0.6 is 15.9 Å². The van der Waals surface area contributed by atoms with E-state index in [1.54, 1.807) is 20.3 Å². The molecule has 5 rings (SSSR count). The Morgan fingerprint density at radius 2 is 1.82 bits per heavy atom. The Morgan fingerprint density at radius 3 is 2.56 bits per heavy atom. The monoisotopic (exact) mass is 521 g/mol. The van der Waals surface area contributed by atoms with Gasteiger partial charge in [-0.15, -0.1) is 0 Å². The molecule has 7 heteroatoms. The Balaban J connectivity index is 1.42. The summed E-state index contributed by atoms with van der Waals surface area (Å²) in [6.07, 6.45) is 1.78. The largest absolute Gasteiger partial charge is 0.493 e. The molecule has 0 radical (unpaired) electrons. The third kappa shape index (κ3) is 4.17. The normalized spacial score (nSPS) is 16.0. The van der Waals surface area contributed by atoms with Gasteiger partial charge in [-0.2, -0.15) is 0 Å². The van der Waals surface area contributed by atoms with Crippen LogP contribution in [0.3, 0.4) is 0 Å². The molecule has 0 amide bonds. The van der Waals surface area contributed by atoms with Crippen LogP contribution in [0.15, 0.2) is 58.8 Å². The summed E-state index contributed by atoms with van der Waals surface area (Å²) in [6.45, 7) is 3.61. The number of ketones is 1. The molecule has 0 spiro atoms. The first kappa shape index (κ1) is 22.5. The number of carbonyl (C=O) groups excluding carboxylic acids is 1.